The Labute approximate surface area is 389 Å². The van der Waals surface area contributed by atoms with Crippen LogP contribution in [0.4, 0.5) is 24.9 Å². The molecule has 360 valence electrons. The van der Waals surface area contributed by atoms with E-state index in [0.717, 1.165) is 0 Å². The summed E-state index contributed by atoms with van der Waals surface area (Å²) in [6.07, 6.45) is -0.958. The van der Waals surface area contributed by atoms with Gasteiger partial charge in [0.15, 0.2) is 0 Å². The molecule has 0 aromatic heterocycles. The van der Waals surface area contributed by atoms with E-state index >= 15 is 0 Å². The zero-order valence-corrected chi connectivity index (χ0v) is 40.6. The van der Waals surface area contributed by atoms with Gasteiger partial charge in [-0.2, -0.15) is 0 Å². The average Bonchev–Trinajstić information content (AvgIpc) is 3.18. The van der Waals surface area contributed by atoms with Gasteiger partial charge in [-0.15, -0.1) is 4.99 Å². The van der Waals surface area contributed by atoms with Crippen LogP contribution in [-0.4, -0.2) is 95.6 Å². The highest BCUT2D eigenvalue weighted by Crippen LogP contribution is 2.22. The summed E-state index contributed by atoms with van der Waals surface area (Å²) in [5.74, 6) is 0.929. The quantitative estimate of drug-likeness (QED) is 0.0487. The molecule has 0 spiro atoms. The van der Waals surface area contributed by atoms with Gasteiger partial charge in [-0.05, 0) is 169 Å². The lowest BCUT2D eigenvalue weighted by atomic mass is 10.2. The molecule has 0 radical (unpaired) electrons. The second kappa shape index (κ2) is 24.0. The summed E-state index contributed by atoms with van der Waals surface area (Å²) < 4.78 is 34.0. The van der Waals surface area contributed by atoms with Gasteiger partial charge in [0.2, 0.25) is 5.96 Å². The predicted octanol–water partition coefficient (Wildman–Crippen LogP) is 10.4. The Bertz CT molecular complexity index is 2120. The minimum atomic E-state index is -0.880. The summed E-state index contributed by atoms with van der Waals surface area (Å²) in [7, 11) is 0. The Morgan fingerprint density at radius 3 is 1.35 bits per heavy atom. The smallest absolute Gasteiger partial charge is 0.437 e. The normalized spacial score (nSPS) is 12.0. The number of benzene rings is 3. The molecule has 0 bridgehead atoms. The molecule has 3 aromatic rings. The Hall–Kier alpha value is -6.65. The van der Waals surface area contributed by atoms with E-state index in [0.29, 0.717) is 67.1 Å². The maximum atomic E-state index is 14.1. The summed E-state index contributed by atoms with van der Waals surface area (Å²) in [6, 6.07) is 22.8. The van der Waals surface area contributed by atoms with Crippen molar-refractivity contribution in [3.05, 3.63) is 90.0 Å². The number of para-hydroxylation sites is 1. The maximum Gasteiger partial charge on any atom is 0.437 e. The first kappa shape index (κ1) is 53.7. The highest BCUT2D eigenvalue weighted by atomic mass is 16.6. The number of hydrogen-bond donors (Lipinski definition) is 4. The average molecular weight is 916 g/mol. The molecule has 0 aliphatic rings. The van der Waals surface area contributed by atoms with E-state index in [-0.39, 0.29) is 30.8 Å². The molecule has 17 nitrogen and oxygen atoms in total. The molecule has 0 heterocycles. The number of guanidine groups is 1. The van der Waals surface area contributed by atoms with Crippen molar-refractivity contribution in [2.75, 3.05) is 31.2 Å². The van der Waals surface area contributed by atoms with Crippen molar-refractivity contribution in [2.45, 2.75) is 131 Å². The number of hydrogen-bond acceptors (Lipinski definition) is 12. The fourth-order valence-corrected chi connectivity index (χ4v) is 5.69. The van der Waals surface area contributed by atoms with Crippen molar-refractivity contribution < 1.29 is 47.6 Å². The molecule has 0 saturated carbocycles. The third-order valence-corrected chi connectivity index (χ3v) is 8.38. The lowest BCUT2D eigenvalue weighted by Gasteiger charge is -2.34. The molecule has 4 N–H and O–H groups in total. The Morgan fingerprint density at radius 1 is 0.530 bits per heavy atom. The highest BCUT2D eigenvalue weighted by Gasteiger charge is 2.31. The minimum Gasteiger partial charge on any atom is -0.494 e. The molecule has 0 aliphatic heterocycles. The van der Waals surface area contributed by atoms with E-state index < -0.39 is 46.8 Å². The molecule has 0 unspecified atom stereocenters. The molecular formula is C49H69N7O10. The van der Waals surface area contributed by atoms with Crippen molar-refractivity contribution in [3.8, 4) is 11.5 Å². The van der Waals surface area contributed by atoms with E-state index in [2.05, 4.69) is 15.6 Å². The van der Waals surface area contributed by atoms with Crippen molar-refractivity contribution in [1.82, 2.24) is 15.5 Å². The zero-order chi connectivity index (χ0) is 49.3. The fraction of sp³-hybridized carbons (Fsp3) is 0.490. The van der Waals surface area contributed by atoms with Gasteiger partial charge >= 0.3 is 24.4 Å². The van der Waals surface area contributed by atoms with Gasteiger partial charge in [-0.3, -0.25) is 21.5 Å². The molecule has 3 aromatic carbocycles. The topological polar surface area (TPSA) is 214 Å². The molecule has 66 heavy (non-hydrogen) atoms. The van der Waals surface area contributed by atoms with Gasteiger partial charge in [0, 0.05) is 29.9 Å². The van der Waals surface area contributed by atoms with Crippen LogP contribution >= 0.6 is 0 Å². The van der Waals surface area contributed by atoms with Crippen LogP contribution in [0.15, 0.2) is 83.9 Å². The fourth-order valence-electron chi connectivity index (χ4n) is 5.69. The molecule has 0 saturated heterocycles. The van der Waals surface area contributed by atoms with Gasteiger partial charge in [0.1, 0.15) is 45.6 Å². The van der Waals surface area contributed by atoms with Crippen molar-refractivity contribution in [2.24, 2.45) is 4.99 Å². The molecule has 4 amide bonds. The van der Waals surface area contributed by atoms with Crippen LogP contribution in [0.25, 0.3) is 0 Å². The number of rotatable bonds is 15. The monoisotopic (exact) mass is 916 g/mol. The first-order valence-electron chi connectivity index (χ1n) is 22.0. The molecule has 0 fully saturated rings. The number of unbranched alkanes of at least 4 members (excludes halogenated alkanes) is 2. The molecule has 3 rings (SSSR count). The van der Waals surface area contributed by atoms with E-state index in [9.17, 15) is 19.2 Å². The van der Waals surface area contributed by atoms with Gasteiger partial charge in [0.25, 0.3) is 0 Å². The van der Waals surface area contributed by atoms with Crippen LogP contribution in [0, 0.1) is 10.8 Å². The van der Waals surface area contributed by atoms with Gasteiger partial charge in [-0.1, -0.05) is 18.2 Å². The van der Waals surface area contributed by atoms with E-state index in [1.54, 1.807) is 137 Å². The van der Waals surface area contributed by atoms with Gasteiger partial charge in [-0.25, -0.2) is 24.1 Å². The summed E-state index contributed by atoms with van der Waals surface area (Å²) >= 11 is 0. The predicted molar refractivity (Wildman–Crippen MR) is 255 cm³/mol. The number of carbonyl (C=O) groups excluding carboxylic acids is 4. The number of nitrogens with zero attached hydrogens (tertiary/aromatic N) is 3. The van der Waals surface area contributed by atoms with Crippen LogP contribution in [-0.2, 0) is 18.9 Å². The Kier molecular flexibility index (Phi) is 19.6. The summed E-state index contributed by atoms with van der Waals surface area (Å²) in [4.78, 5) is 59.5. The van der Waals surface area contributed by atoms with Gasteiger partial charge in [0.05, 0.1) is 13.2 Å². The number of aliphatic imine (C=N–C) groups is 1. The molecule has 0 atom stereocenters. The Balaban J connectivity index is 1.77. The molecular weight excluding hydrogens is 847 g/mol. The van der Waals surface area contributed by atoms with Crippen LogP contribution in [0.3, 0.4) is 0 Å². The minimum absolute atomic E-state index is 0.0302. The summed E-state index contributed by atoms with van der Waals surface area (Å²) in [5.41, 5.74) is -1.52. The number of nitrogens with one attached hydrogen (secondary N) is 4. The number of amides is 4. The largest absolute Gasteiger partial charge is 0.494 e. The molecule has 17 heteroatoms. The first-order valence-corrected chi connectivity index (χ1v) is 22.0. The highest BCUT2D eigenvalue weighted by molar-refractivity contribution is 6.08. The lowest BCUT2D eigenvalue weighted by Crippen LogP contribution is -2.50. The maximum absolute atomic E-state index is 14.1. The van der Waals surface area contributed by atoms with Crippen LogP contribution in [0.1, 0.15) is 120 Å². The number of ether oxygens (including phenoxy) is 6. The SMILES string of the molecule is CC(C)(C)OC(=O)N=C(N(CCCCOc1ccc(C(=N)NC(=O)OC(C)(C)C)cc1)C(=O)OC(C)(C)C)N(CCCCOc1ccc(C(=N)NC(=O)OC(C)(C)C)cc1)c1ccccc1. The van der Waals surface area contributed by atoms with E-state index in [1.165, 1.54) is 4.90 Å². The van der Waals surface area contributed by atoms with Crippen molar-refractivity contribution >= 4 is 47.7 Å². The zero-order valence-electron chi connectivity index (χ0n) is 40.6. The van der Waals surface area contributed by atoms with E-state index in [4.69, 9.17) is 39.2 Å². The number of amidine groups is 2. The second-order valence-electron chi connectivity index (χ2n) is 19.2. The third kappa shape index (κ3) is 20.9. The Morgan fingerprint density at radius 2 is 0.939 bits per heavy atom. The summed E-state index contributed by atoms with van der Waals surface area (Å²) in [6.45, 7) is 22.0. The van der Waals surface area contributed by atoms with E-state index in [1.807, 2.05) is 30.3 Å². The van der Waals surface area contributed by atoms with Crippen LogP contribution in [0.2, 0.25) is 0 Å². The third-order valence-electron chi connectivity index (χ3n) is 8.38. The van der Waals surface area contributed by atoms with Crippen molar-refractivity contribution in [3.63, 3.8) is 0 Å². The standard InChI is InChI=1S/C49H69N7O10/c1-46(2,3)63-42(57)52-39(50)34-22-26-37(27-23-34)61-32-18-16-30-55(36-20-14-13-15-21-36)41(54-44(59)65-48(7,8)9)56(45(60)66-49(10,11)12)31-17-19-33-62-38-28-24-35(25-29-38)40(51)53-43(58)64-47(4,5)6/h13-15,20-29H,16-19,30-33H2,1-12H3,(H2,50,52,57)(H2,51,53,58). The lowest BCUT2D eigenvalue weighted by molar-refractivity contribution is 0.0360. The van der Waals surface area contributed by atoms with Crippen LogP contribution in [0.5, 0.6) is 11.5 Å². The number of alkyl carbamates (subject to hydrolysis) is 2. The van der Waals surface area contributed by atoms with Gasteiger partial charge < -0.3 is 33.3 Å². The second-order valence-corrected chi connectivity index (χ2v) is 19.2. The van der Waals surface area contributed by atoms with Crippen LogP contribution < -0.4 is 25.0 Å². The first-order chi connectivity index (χ1) is 30.7. The number of anilines is 1. The number of carbonyl (C=O) groups is 4. The molecule has 0 aliphatic carbocycles. The summed E-state index contributed by atoms with van der Waals surface area (Å²) in [5, 5.41) is 21.3. The van der Waals surface area contributed by atoms with Crippen molar-refractivity contribution in [1.29, 1.82) is 10.8 Å².